The van der Waals surface area contributed by atoms with E-state index in [0.717, 1.165) is 24.2 Å². The maximum atomic E-state index is 14.2. The number of β-lactam (4-membered cyclic amide) rings is 1. The molecule has 4 amide bonds. The molecule has 10 nitrogen and oxygen atoms in total. The molecule has 0 radical (unpaired) electrons. The molecule has 11 heteroatoms. The third kappa shape index (κ3) is 8.79. The molecule has 0 bridgehead atoms. The van der Waals surface area contributed by atoms with E-state index >= 15 is 0 Å². The van der Waals surface area contributed by atoms with Gasteiger partial charge in [0, 0.05) is 5.41 Å². The van der Waals surface area contributed by atoms with Gasteiger partial charge in [-0.1, -0.05) is 134 Å². The zero-order valence-electron chi connectivity index (χ0n) is 29.8. The molecule has 2 aliphatic heterocycles. The van der Waals surface area contributed by atoms with Gasteiger partial charge < -0.3 is 14.8 Å². The van der Waals surface area contributed by atoms with Gasteiger partial charge in [-0.3, -0.25) is 19.3 Å². The molecular formula is C37H56BrN3O7. The first kappa shape index (κ1) is 39.5. The molecule has 0 spiro atoms. The Bertz CT molecular complexity index is 1300. The molecule has 3 rings (SSSR count). The van der Waals surface area contributed by atoms with E-state index in [1.807, 2.05) is 0 Å². The van der Waals surface area contributed by atoms with Crippen LogP contribution in [-0.4, -0.2) is 64.7 Å². The summed E-state index contributed by atoms with van der Waals surface area (Å²) in [6, 6.07) is 2.95. The zero-order valence-corrected chi connectivity index (χ0v) is 31.4. The number of halogens is 1. The lowest BCUT2D eigenvalue weighted by Gasteiger charge is -2.58. The number of carbonyl (C=O) groups is 5. The fraction of sp³-hybridized carbons (Fsp3) is 0.703. The molecular weight excluding hydrogens is 678 g/mol. The van der Waals surface area contributed by atoms with Gasteiger partial charge in [0.2, 0.25) is 5.54 Å². The minimum atomic E-state index is -2.05. The third-order valence-corrected chi connectivity index (χ3v) is 10.0. The zero-order chi connectivity index (χ0) is 35.5. The SMILES string of the molecule is CCCCCCCCCCCCCCCCOC(=O)c1ccc(OC)c(N2C(=O)C(C(=O)C(C)(C)C)(N3C(=O)N[C@H](Br)C3=O)C2CC)c1. The average Bonchev–Trinajstić information content (AvgIpc) is 3.31. The monoisotopic (exact) mass is 733 g/mol. The number of amides is 4. The van der Waals surface area contributed by atoms with Crippen molar-refractivity contribution in [1.29, 1.82) is 0 Å². The lowest BCUT2D eigenvalue weighted by atomic mass is 9.65. The van der Waals surface area contributed by atoms with Gasteiger partial charge >= 0.3 is 12.0 Å². The smallest absolute Gasteiger partial charge is 0.338 e. The van der Waals surface area contributed by atoms with E-state index in [9.17, 15) is 24.0 Å². The Morgan fingerprint density at radius 2 is 1.42 bits per heavy atom. The molecule has 3 atom stereocenters. The number of imide groups is 1. The summed E-state index contributed by atoms with van der Waals surface area (Å²) < 4.78 is 11.1. The molecule has 48 heavy (non-hydrogen) atoms. The number of rotatable bonds is 21. The highest BCUT2D eigenvalue weighted by molar-refractivity contribution is 9.10. The van der Waals surface area contributed by atoms with Crippen LogP contribution >= 0.6 is 15.9 Å². The lowest BCUT2D eigenvalue weighted by molar-refractivity contribution is -0.161. The summed E-state index contributed by atoms with van der Waals surface area (Å²) in [5.74, 6) is -2.21. The molecule has 2 unspecified atom stereocenters. The summed E-state index contributed by atoms with van der Waals surface area (Å²) in [6.45, 7) is 9.28. The second-order valence-corrected chi connectivity index (χ2v) is 15.0. The van der Waals surface area contributed by atoms with Crippen LogP contribution in [-0.2, 0) is 19.1 Å². The molecule has 0 aromatic heterocycles. The van der Waals surface area contributed by atoms with E-state index in [1.165, 1.54) is 88.7 Å². The molecule has 0 aliphatic carbocycles. The number of methoxy groups -OCH3 is 1. The molecule has 0 saturated carbocycles. The van der Waals surface area contributed by atoms with E-state index in [4.69, 9.17) is 9.47 Å². The first-order valence-corrected chi connectivity index (χ1v) is 18.8. The maximum Gasteiger partial charge on any atom is 0.338 e. The van der Waals surface area contributed by atoms with Crippen LogP contribution < -0.4 is 15.0 Å². The molecule has 1 aromatic carbocycles. The number of anilines is 1. The van der Waals surface area contributed by atoms with Crippen LogP contribution in [0, 0.1) is 5.41 Å². The second kappa shape index (κ2) is 18.2. The predicted molar refractivity (Wildman–Crippen MR) is 190 cm³/mol. The fourth-order valence-electron chi connectivity index (χ4n) is 6.84. The molecule has 2 fully saturated rings. The van der Waals surface area contributed by atoms with Crippen molar-refractivity contribution in [1.82, 2.24) is 10.2 Å². The summed E-state index contributed by atoms with van der Waals surface area (Å²) in [7, 11) is 1.44. The second-order valence-electron chi connectivity index (χ2n) is 14.0. The molecule has 2 heterocycles. The minimum absolute atomic E-state index is 0.231. The van der Waals surface area contributed by atoms with Crippen LogP contribution in [0.1, 0.15) is 141 Å². The Morgan fingerprint density at radius 1 is 0.875 bits per heavy atom. The van der Waals surface area contributed by atoms with Crippen LogP contribution in [0.15, 0.2) is 18.2 Å². The van der Waals surface area contributed by atoms with Crippen molar-refractivity contribution < 1.29 is 33.4 Å². The molecule has 2 aliphatic rings. The third-order valence-electron chi connectivity index (χ3n) is 9.40. The number of nitrogens with zero attached hydrogens (tertiary/aromatic N) is 2. The van der Waals surface area contributed by atoms with Gasteiger partial charge in [0.1, 0.15) is 5.75 Å². The standard InChI is InChI=1S/C37H56BrN3O7/c1-7-9-10-11-12-13-14-15-16-17-18-19-20-21-24-48-32(43)26-22-23-28(47-6)27(25-26)40-29(8-2)37(34(40)45,33(44)36(3,4)5)41-31(42)30(38)39-35(41)46/h22-23,25,29-30H,7-21,24H2,1-6H3,(H,39,46)/t29?,30-,37?/m0/s1. The summed E-state index contributed by atoms with van der Waals surface area (Å²) in [5, 5.41) is 2.46. The number of nitrogens with one attached hydrogen (secondary N) is 1. The van der Waals surface area contributed by atoms with Gasteiger partial charge in [0.25, 0.3) is 11.8 Å². The molecule has 1 N–H and O–H groups in total. The Balaban J connectivity index is 1.59. The first-order valence-electron chi connectivity index (χ1n) is 17.9. The van der Waals surface area contributed by atoms with Crippen LogP contribution in [0.3, 0.4) is 0 Å². The van der Waals surface area contributed by atoms with Crippen LogP contribution in [0.4, 0.5) is 10.5 Å². The number of Topliss-reactive ketones (excluding diaryl/α,β-unsaturated/α-hetero) is 1. The van der Waals surface area contributed by atoms with E-state index in [-0.39, 0.29) is 17.7 Å². The quantitative estimate of drug-likeness (QED) is 0.0258. The lowest BCUT2D eigenvalue weighted by Crippen LogP contribution is -2.85. The van der Waals surface area contributed by atoms with Gasteiger partial charge in [0.15, 0.2) is 10.7 Å². The number of ether oxygens (including phenoxy) is 2. The van der Waals surface area contributed by atoms with E-state index < -0.39 is 51.5 Å². The van der Waals surface area contributed by atoms with Crippen molar-refractivity contribution in [3.63, 3.8) is 0 Å². The Hall–Kier alpha value is -2.95. The number of unbranched alkanes of at least 4 members (excludes halogenated alkanes) is 13. The number of alkyl halides is 1. The minimum Gasteiger partial charge on any atom is -0.495 e. The highest BCUT2D eigenvalue weighted by atomic mass is 79.9. The summed E-state index contributed by atoms with van der Waals surface area (Å²) in [5.41, 5.74) is -2.61. The molecule has 268 valence electrons. The van der Waals surface area contributed by atoms with E-state index in [0.29, 0.717) is 12.4 Å². The summed E-state index contributed by atoms with van der Waals surface area (Å²) in [4.78, 5) is 68.6. The summed E-state index contributed by atoms with van der Waals surface area (Å²) >= 11 is 3.13. The van der Waals surface area contributed by atoms with Crippen LogP contribution in [0.5, 0.6) is 5.75 Å². The first-order chi connectivity index (χ1) is 22.9. The number of urea groups is 1. The Kier molecular flexibility index (Phi) is 14.9. The number of hydrogen-bond donors (Lipinski definition) is 1. The average molecular weight is 735 g/mol. The van der Waals surface area contributed by atoms with Gasteiger partial charge in [0.05, 0.1) is 31.0 Å². The highest BCUT2D eigenvalue weighted by Crippen LogP contribution is 2.49. The Morgan fingerprint density at radius 3 is 1.88 bits per heavy atom. The van der Waals surface area contributed by atoms with Crippen molar-refractivity contribution in [2.45, 2.75) is 147 Å². The number of esters is 1. The number of ketones is 1. The van der Waals surface area contributed by atoms with Crippen LogP contribution in [0.2, 0.25) is 0 Å². The van der Waals surface area contributed by atoms with Gasteiger partial charge in [-0.2, -0.15) is 0 Å². The highest BCUT2D eigenvalue weighted by Gasteiger charge is 2.73. The number of carbonyl (C=O) groups excluding carboxylic acids is 5. The van der Waals surface area contributed by atoms with Crippen molar-refractivity contribution in [2.24, 2.45) is 5.41 Å². The predicted octanol–water partition coefficient (Wildman–Crippen LogP) is 8.09. The van der Waals surface area contributed by atoms with Gasteiger partial charge in [-0.15, -0.1) is 0 Å². The number of benzene rings is 1. The van der Waals surface area contributed by atoms with Crippen molar-refractivity contribution >= 4 is 51.2 Å². The fourth-order valence-corrected chi connectivity index (χ4v) is 7.24. The van der Waals surface area contributed by atoms with Crippen LogP contribution in [0.25, 0.3) is 0 Å². The van der Waals surface area contributed by atoms with Crippen molar-refractivity contribution in [2.75, 3.05) is 18.6 Å². The van der Waals surface area contributed by atoms with Gasteiger partial charge in [-0.05, 0) is 31.0 Å². The molecule has 1 aromatic rings. The van der Waals surface area contributed by atoms with Crippen molar-refractivity contribution in [3.8, 4) is 5.75 Å². The normalized spacial score (nSPS) is 20.9. The van der Waals surface area contributed by atoms with Gasteiger partial charge in [-0.25, -0.2) is 14.5 Å². The summed E-state index contributed by atoms with van der Waals surface area (Å²) in [6.07, 6.45) is 17.6. The largest absolute Gasteiger partial charge is 0.495 e. The molecule has 2 saturated heterocycles. The number of hydrogen-bond acceptors (Lipinski definition) is 7. The van der Waals surface area contributed by atoms with E-state index in [2.05, 4.69) is 28.2 Å². The van der Waals surface area contributed by atoms with E-state index in [1.54, 1.807) is 39.8 Å². The topological polar surface area (TPSA) is 122 Å². The Labute approximate surface area is 295 Å². The maximum absolute atomic E-state index is 14.2. The van der Waals surface area contributed by atoms with Crippen molar-refractivity contribution in [3.05, 3.63) is 23.8 Å².